The molecule has 1 aromatic heterocycles. The highest BCUT2D eigenvalue weighted by atomic mass is 19.4. The van der Waals surface area contributed by atoms with Gasteiger partial charge in [-0.15, -0.1) is 0 Å². The summed E-state index contributed by atoms with van der Waals surface area (Å²) < 4.78 is 36.9. The monoisotopic (exact) mass is 572 g/mol. The highest BCUT2D eigenvalue weighted by Crippen LogP contribution is 2.23. The quantitative estimate of drug-likeness (QED) is 0.370. The van der Waals surface area contributed by atoms with Crippen molar-refractivity contribution in [2.24, 2.45) is 5.92 Å². The van der Waals surface area contributed by atoms with Gasteiger partial charge in [-0.25, -0.2) is 4.79 Å². The second-order valence-corrected chi connectivity index (χ2v) is 9.23. The summed E-state index contributed by atoms with van der Waals surface area (Å²) in [5.74, 6) is -2.20. The van der Waals surface area contributed by atoms with E-state index >= 15 is 0 Å². The molecule has 0 aliphatic carbocycles. The van der Waals surface area contributed by atoms with Crippen LogP contribution >= 0.6 is 0 Å². The number of hydrogen-bond acceptors (Lipinski definition) is 6. The average Bonchev–Trinajstić information content (AvgIpc) is 2.99. The number of nitrogens with one attached hydrogen (secondary N) is 2. The number of ether oxygens (including phenoxy) is 1. The molecule has 1 fully saturated rings. The number of anilines is 1. The number of nitrogens with zero attached hydrogens (tertiary/aromatic N) is 2. The molecular weight excluding hydrogens is 541 g/mol. The van der Waals surface area contributed by atoms with Gasteiger partial charge in [0.2, 0.25) is 5.91 Å². The van der Waals surface area contributed by atoms with E-state index in [0.29, 0.717) is 23.8 Å². The molecule has 1 saturated heterocycles. The highest BCUT2D eigenvalue weighted by molar-refractivity contribution is 5.98. The van der Waals surface area contributed by atoms with Crippen LogP contribution in [0.4, 0.5) is 18.9 Å². The zero-order valence-electron chi connectivity index (χ0n) is 22.3. The van der Waals surface area contributed by atoms with Gasteiger partial charge in [-0.05, 0) is 60.7 Å². The number of aliphatic carboxylic acids is 1. The van der Waals surface area contributed by atoms with Crippen LogP contribution in [-0.4, -0.2) is 60.8 Å². The number of halogens is 3. The Hall–Kier alpha value is -4.61. The van der Waals surface area contributed by atoms with Crippen LogP contribution in [0.25, 0.3) is 0 Å². The lowest BCUT2D eigenvalue weighted by atomic mass is 9.96. The maximum Gasteiger partial charge on any atom is 0.490 e. The van der Waals surface area contributed by atoms with Crippen LogP contribution in [0.2, 0.25) is 0 Å². The summed E-state index contributed by atoms with van der Waals surface area (Å²) in [5.41, 5.74) is 2.40. The molecule has 1 aliphatic rings. The van der Waals surface area contributed by atoms with Gasteiger partial charge in [-0.1, -0.05) is 30.3 Å². The van der Waals surface area contributed by atoms with Gasteiger partial charge in [0.05, 0.1) is 7.11 Å². The Morgan fingerprint density at radius 3 is 2.12 bits per heavy atom. The van der Waals surface area contributed by atoms with Crippen molar-refractivity contribution in [3.8, 4) is 5.75 Å². The molecule has 3 aromatic rings. The molecule has 9 nitrogen and oxygen atoms in total. The number of amides is 2. The second kappa shape index (κ2) is 14.7. The number of carbonyl (C=O) groups is 3. The molecule has 0 unspecified atom stereocenters. The van der Waals surface area contributed by atoms with Crippen molar-refractivity contribution >= 4 is 23.5 Å². The fraction of sp³-hybridized carbons (Fsp3) is 0.310. The number of carboxylic acid groups (broad SMARTS) is 1. The zero-order valence-corrected chi connectivity index (χ0v) is 22.3. The number of alkyl halides is 3. The van der Waals surface area contributed by atoms with Gasteiger partial charge in [0.15, 0.2) is 0 Å². The number of hydrogen-bond donors (Lipinski definition) is 3. The van der Waals surface area contributed by atoms with E-state index in [9.17, 15) is 22.8 Å². The van der Waals surface area contributed by atoms with Crippen molar-refractivity contribution < 1.29 is 37.4 Å². The van der Waals surface area contributed by atoms with Crippen LogP contribution in [0.3, 0.4) is 0 Å². The number of carbonyl (C=O) groups excluding carboxylic acids is 2. The lowest BCUT2D eigenvalue weighted by molar-refractivity contribution is -0.192. The molecule has 4 rings (SSSR count). The van der Waals surface area contributed by atoms with Gasteiger partial charge in [0.1, 0.15) is 11.8 Å². The third-order valence-electron chi connectivity index (χ3n) is 6.47. The number of carboxylic acids is 1. The summed E-state index contributed by atoms with van der Waals surface area (Å²) in [7, 11) is 1.58. The van der Waals surface area contributed by atoms with Crippen LogP contribution in [0.15, 0.2) is 79.1 Å². The number of methoxy groups -OCH3 is 1. The normalized spacial score (nSPS) is 14.2. The molecule has 0 saturated carbocycles. The maximum atomic E-state index is 13.2. The van der Waals surface area contributed by atoms with Crippen molar-refractivity contribution in [2.45, 2.75) is 25.1 Å². The smallest absolute Gasteiger partial charge is 0.490 e. The van der Waals surface area contributed by atoms with E-state index in [2.05, 4.69) is 20.5 Å². The van der Waals surface area contributed by atoms with Crippen molar-refractivity contribution in [3.63, 3.8) is 0 Å². The largest absolute Gasteiger partial charge is 0.497 e. The summed E-state index contributed by atoms with van der Waals surface area (Å²) in [5, 5.41) is 13.1. The fourth-order valence-electron chi connectivity index (χ4n) is 4.20. The molecule has 218 valence electrons. The summed E-state index contributed by atoms with van der Waals surface area (Å²) in [6.45, 7) is 2.48. The first kappa shape index (κ1) is 30.9. The Morgan fingerprint density at radius 2 is 1.59 bits per heavy atom. The third-order valence-corrected chi connectivity index (χ3v) is 6.47. The van der Waals surface area contributed by atoms with Gasteiger partial charge in [-0.3, -0.25) is 14.6 Å². The first-order valence-corrected chi connectivity index (χ1v) is 12.8. The molecule has 0 bridgehead atoms. The fourth-order valence-corrected chi connectivity index (χ4v) is 4.20. The molecule has 2 heterocycles. The standard InChI is InChI=1S/C27H30N4O3.C2HF3O2/c1-34-24-9-7-22(8-10-24)26(32)30-25(21-5-3-2-4-6-21)27(33)29-19-20-13-17-31(18-14-20)23-11-15-28-16-12-23;3-2(4,5)1(6)7/h2-12,15-16,20,25H,13-14,17-19H2,1H3,(H,29,33)(H,30,32);(H,6,7)/t25-;/m1./s1. The van der Waals surface area contributed by atoms with Gasteiger partial charge in [0.25, 0.3) is 5.91 Å². The topological polar surface area (TPSA) is 121 Å². The maximum absolute atomic E-state index is 13.2. The summed E-state index contributed by atoms with van der Waals surface area (Å²) in [6.07, 6.45) is 0.533. The van der Waals surface area contributed by atoms with E-state index in [0.717, 1.165) is 31.5 Å². The minimum atomic E-state index is -5.08. The zero-order chi connectivity index (χ0) is 29.8. The molecular formula is C29H31F3N4O5. The van der Waals surface area contributed by atoms with Gasteiger partial charge in [0, 0.05) is 43.3 Å². The van der Waals surface area contributed by atoms with E-state index in [1.807, 2.05) is 54.9 Å². The van der Waals surface area contributed by atoms with E-state index < -0.39 is 18.2 Å². The Kier molecular flexibility index (Phi) is 11.1. The number of aromatic nitrogens is 1. The van der Waals surface area contributed by atoms with Crippen LogP contribution in [0.1, 0.15) is 34.8 Å². The molecule has 1 atom stereocenters. The van der Waals surface area contributed by atoms with Crippen molar-refractivity contribution in [2.75, 3.05) is 31.6 Å². The minimum absolute atomic E-state index is 0.204. The molecule has 41 heavy (non-hydrogen) atoms. The average molecular weight is 573 g/mol. The lowest BCUT2D eigenvalue weighted by Gasteiger charge is -2.33. The third kappa shape index (κ3) is 9.52. The Balaban J connectivity index is 0.000000587. The molecule has 3 N–H and O–H groups in total. The van der Waals surface area contributed by atoms with Crippen LogP contribution in [-0.2, 0) is 9.59 Å². The van der Waals surface area contributed by atoms with Crippen LogP contribution < -0.4 is 20.3 Å². The predicted octanol–water partition coefficient (Wildman–Crippen LogP) is 4.23. The number of rotatable bonds is 8. The van der Waals surface area contributed by atoms with Crippen LogP contribution in [0.5, 0.6) is 5.75 Å². The summed E-state index contributed by atoms with van der Waals surface area (Å²) >= 11 is 0. The molecule has 2 amide bonds. The van der Waals surface area contributed by atoms with E-state index in [4.69, 9.17) is 14.6 Å². The van der Waals surface area contributed by atoms with Crippen molar-refractivity contribution in [3.05, 3.63) is 90.3 Å². The van der Waals surface area contributed by atoms with E-state index in [-0.39, 0.29) is 11.8 Å². The number of pyridine rings is 1. The van der Waals surface area contributed by atoms with Crippen LogP contribution in [0, 0.1) is 5.92 Å². The Labute approximate surface area is 235 Å². The minimum Gasteiger partial charge on any atom is -0.497 e. The first-order chi connectivity index (χ1) is 19.6. The molecule has 2 aromatic carbocycles. The molecule has 1 aliphatic heterocycles. The number of piperidine rings is 1. The SMILES string of the molecule is COc1ccc(C(=O)N[C@@H](C(=O)NCC2CCN(c3ccncc3)CC2)c2ccccc2)cc1.O=C(O)C(F)(F)F. The summed E-state index contributed by atoms with van der Waals surface area (Å²) in [6, 6.07) is 19.4. The van der Waals surface area contributed by atoms with Gasteiger partial charge < -0.3 is 25.4 Å². The van der Waals surface area contributed by atoms with Crippen molar-refractivity contribution in [1.82, 2.24) is 15.6 Å². The van der Waals surface area contributed by atoms with Crippen molar-refractivity contribution in [1.29, 1.82) is 0 Å². The Morgan fingerprint density at radius 1 is 1.00 bits per heavy atom. The van der Waals surface area contributed by atoms with E-state index in [1.54, 1.807) is 31.4 Å². The molecule has 0 spiro atoms. The van der Waals surface area contributed by atoms with Gasteiger partial charge >= 0.3 is 12.1 Å². The molecule has 0 radical (unpaired) electrons. The van der Waals surface area contributed by atoms with E-state index in [1.165, 1.54) is 5.69 Å². The lowest BCUT2D eigenvalue weighted by Crippen LogP contribution is -2.43. The highest BCUT2D eigenvalue weighted by Gasteiger charge is 2.38. The Bertz CT molecular complexity index is 1270. The predicted molar refractivity (Wildman–Crippen MR) is 146 cm³/mol. The van der Waals surface area contributed by atoms with Gasteiger partial charge in [-0.2, -0.15) is 13.2 Å². The summed E-state index contributed by atoms with van der Waals surface area (Å²) in [4.78, 5) is 41.4. The molecule has 12 heteroatoms. The first-order valence-electron chi connectivity index (χ1n) is 12.8. The number of benzene rings is 2. The second-order valence-electron chi connectivity index (χ2n) is 9.23.